The number of rotatable bonds is 6. The lowest BCUT2D eigenvalue weighted by molar-refractivity contribution is -0.135. The van der Waals surface area contributed by atoms with Gasteiger partial charge in [0, 0.05) is 19.0 Å². The van der Waals surface area contributed by atoms with Crippen molar-refractivity contribution in [2.75, 3.05) is 32.7 Å². The van der Waals surface area contributed by atoms with Gasteiger partial charge in [-0.2, -0.15) is 0 Å². The standard InChI is InChI=1S/C25H31FN2O2/c1-19-15-21(26)9-10-22(19)23-16-28(25(29)17-27-12-5-6-13-27)14-11-24(23)30-18-20-7-3-2-4-8-20/h2-4,7-10,15,23-24H,5-6,11-14,16-18H2,1H3. The molecule has 0 N–H and O–H groups in total. The molecule has 2 aromatic carbocycles. The molecule has 160 valence electrons. The summed E-state index contributed by atoms with van der Waals surface area (Å²) < 4.78 is 20.1. The fourth-order valence-corrected chi connectivity index (χ4v) is 4.72. The topological polar surface area (TPSA) is 32.8 Å². The molecule has 1 amide bonds. The van der Waals surface area contributed by atoms with Crippen LogP contribution in [0.25, 0.3) is 0 Å². The summed E-state index contributed by atoms with van der Waals surface area (Å²) in [5, 5.41) is 0. The van der Waals surface area contributed by atoms with Crippen LogP contribution in [0.1, 0.15) is 41.9 Å². The number of hydrogen-bond donors (Lipinski definition) is 0. The van der Waals surface area contributed by atoms with Crippen LogP contribution in [-0.2, 0) is 16.1 Å². The first-order valence-electron chi connectivity index (χ1n) is 11.0. The van der Waals surface area contributed by atoms with Gasteiger partial charge in [0.1, 0.15) is 5.82 Å². The fourth-order valence-electron chi connectivity index (χ4n) is 4.72. The number of carbonyl (C=O) groups is 1. The molecule has 5 heteroatoms. The SMILES string of the molecule is Cc1cc(F)ccc1C1CN(C(=O)CN2CCCC2)CCC1OCc1ccccc1. The number of aryl methyl sites for hydroxylation is 1. The zero-order valence-electron chi connectivity index (χ0n) is 17.7. The van der Waals surface area contributed by atoms with E-state index in [4.69, 9.17) is 4.74 Å². The Balaban J connectivity index is 1.49. The first kappa shape index (κ1) is 21.0. The van der Waals surface area contributed by atoms with Gasteiger partial charge in [0.15, 0.2) is 0 Å². The van der Waals surface area contributed by atoms with Gasteiger partial charge < -0.3 is 9.64 Å². The number of halogens is 1. The molecule has 0 spiro atoms. The van der Waals surface area contributed by atoms with Gasteiger partial charge in [-0.3, -0.25) is 9.69 Å². The lowest BCUT2D eigenvalue weighted by Crippen LogP contribution is -2.48. The van der Waals surface area contributed by atoms with E-state index in [9.17, 15) is 9.18 Å². The molecular formula is C25H31FN2O2. The van der Waals surface area contributed by atoms with E-state index in [2.05, 4.69) is 17.0 Å². The highest BCUT2D eigenvalue weighted by molar-refractivity contribution is 5.78. The molecule has 2 aliphatic rings. The minimum Gasteiger partial charge on any atom is -0.373 e. The van der Waals surface area contributed by atoms with Gasteiger partial charge in [-0.15, -0.1) is 0 Å². The van der Waals surface area contributed by atoms with Crippen molar-refractivity contribution in [3.05, 3.63) is 71.0 Å². The lowest BCUT2D eigenvalue weighted by Gasteiger charge is -2.40. The molecule has 0 aromatic heterocycles. The number of nitrogens with zero attached hydrogens (tertiary/aromatic N) is 2. The zero-order chi connectivity index (χ0) is 20.9. The van der Waals surface area contributed by atoms with Crippen LogP contribution >= 0.6 is 0 Å². The molecule has 2 unspecified atom stereocenters. The first-order valence-corrected chi connectivity index (χ1v) is 11.0. The molecule has 0 aliphatic carbocycles. The summed E-state index contributed by atoms with van der Waals surface area (Å²) in [5.41, 5.74) is 3.13. The summed E-state index contributed by atoms with van der Waals surface area (Å²) in [4.78, 5) is 17.2. The van der Waals surface area contributed by atoms with E-state index in [0.29, 0.717) is 26.2 Å². The van der Waals surface area contributed by atoms with E-state index >= 15 is 0 Å². The van der Waals surface area contributed by atoms with Crippen molar-refractivity contribution in [3.63, 3.8) is 0 Å². The van der Waals surface area contributed by atoms with Crippen LogP contribution in [0.3, 0.4) is 0 Å². The van der Waals surface area contributed by atoms with Crippen LogP contribution in [0, 0.1) is 12.7 Å². The Morgan fingerprint density at radius 1 is 1.10 bits per heavy atom. The van der Waals surface area contributed by atoms with E-state index < -0.39 is 0 Å². The average Bonchev–Trinajstić information content (AvgIpc) is 3.26. The number of hydrogen-bond acceptors (Lipinski definition) is 3. The van der Waals surface area contributed by atoms with Crippen molar-refractivity contribution in [2.24, 2.45) is 0 Å². The zero-order valence-corrected chi connectivity index (χ0v) is 17.7. The minimum atomic E-state index is -0.226. The van der Waals surface area contributed by atoms with Crippen molar-refractivity contribution in [3.8, 4) is 0 Å². The van der Waals surface area contributed by atoms with E-state index in [1.807, 2.05) is 36.1 Å². The summed E-state index contributed by atoms with van der Waals surface area (Å²) >= 11 is 0. The van der Waals surface area contributed by atoms with Crippen LogP contribution in [0.15, 0.2) is 48.5 Å². The Bertz CT molecular complexity index is 851. The number of benzene rings is 2. The molecule has 0 radical (unpaired) electrons. The summed E-state index contributed by atoms with van der Waals surface area (Å²) in [5.74, 6) is 0.0181. The van der Waals surface area contributed by atoms with Crippen LogP contribution in [0.5, 0.6) is 0 Å². The molecule has 0 bridgehead atoms. The first-order chi connectivity index (χ1) is 14.6. The summed E-state index contributed by atoms with van der Waals surface area (Å²) in [6, 6.07) is 15.1. The van der Waals surface area contributed by atoms with Crippen molar-refractivity contribution >= 4 is 5.91 Å². The normalized spacial score (nSPS) is 22.4. The van der Waals surface area contributed by atoms with Crippen LogP contribution in [0.2, 0.25) is 0 Å². The second-order valence-corrected chi connectivity index (χ2v) is 8.55. The van der Waals surface area contributed by atoms with E-state index in [0.717, 1.165) is 36.2 Å². The highest BCUT2D eigenvalue weighted by Gasteiger charge is 2.34. The van der Waals surface area contributed by atoms with Crippen molar-refractivity contribution in [1.29, 1.82) is 0 Å². The molecule has 0 saturated carbocycles. The maximum absolute atomic E-state index is 13.7. The molecule has 2 aromatic rings. The summed E-state index contributed by atoms with van der Waals surface area (Å²) in [6.07, 6.45) is 3.16. The van der Waals surface area contributed by atoms with Gasteiger partial charge in [-0.25, -0.2) is 4.39 Å². The van der Waals surface area contributed by atoms with Crippen LogP contribution < -0.4 is 0 Å². The monoisotopic (exact) mass is 410 g/mol. The maximum Gasteiger partial charge on any atom is 0.236 e. The summed E-state index contributed by atoms with van der Waals surface area (Å²) in [6.45, 7) is 6.36. The molecule has 2 aliphatic heterocycles. The third-order valence-corrected chi connectivity index (χ3v) is 6.40. The Labute approximate surface area is 178 Å². The highest BCUT2D eigenvalue weighted by Crippen LogP contribution is 2.32. The van der Waals surface area contributed by atoms with E-state index in [1.54, 1.807) is 6.07 Å². The average molecular weight is 411 g/mol. The van der Waals surface area contributed by atoms with Crippen LogP contribution in [0.4, 0.5) is 4.39 Å². The maximum atomic E-state index is 13.7. The quantitative estimate of drug-likeness (QED) is 0.718. The number of carbonyl (C=O) groups excluding carboxylic acids is 1. The van der Waals surface area contributed by atoms with Gasteiger partial charge >= 0.3 is 0 Å². The van der Waals surface area contributed by atoms with E-state index in [-0.39, 0.29) is 23.7 Å². The van der Waals surface area contributed by atoms with Gasteiger partial charge in [-0.1, -0.05) is 36.4 Å². The number of piperidine rings is 1. The van der Waals surface area contributed by atoms with Gasteiger partial charge in [-0.05, 0) is 68.1 Å². The van der Waals surface area contributed by atoms with Gasteiger partial charge in [0.05, 0.1) is 19.3 Å². The molecule has 2 atom stereocenters. The number of ether oxygens (including phenoxy) is 1. The number of likely N-dealkylation sites (tertiary alicyclic amines) is 2. The molecule has 4 nitrogen and oxygen atoms in total. The van der Waals surface area contributed by atoms with Crippen molar-refractivity contribution < 1.29 is 13.9 Å². The van der Waals surface area contributed by atoms with Crippen molar-refractivity contribution in [1.82, 2.24) is 9.80 Å². The Morgan fingerprint density at radius 3 is 2.60 bits per heavy atom. The third kappa shape index (κ3) is 5.08. The third-order valence-electron chi connectivity index (χ3n) is 6.40. The van der Waals surface area contributed by atoms with E-state index in [1.165, 1.54) is 18.9 Å². The molecular weight excluding hydrogens is 379 g/mol. The molecule has 2 saturated heterocycles. The fraction of sp³-hybridized carbons (Fsp3) is 0.480. The smallest absolute Gasteiger partial charge is 0.236 e. The Morgan fingerprint density at radius 2 is 1.87 bits per heavy atom. The second kappa shape index (κ2) is 9.71. The number of amides is 1. The summed E-state index contributed by atoms with van der Waals surface area (Å²) in [7, 11) is 0. The molecule has 2 fully saturated rings. The highest BCUT2D eigenvalue weighted by atomic mass is 19.1. The predicted octanol–water partition coefficient (Wildman–Crippen LogP) is 4.13. The second-order valence-electron chi connectivity index (χ2n) is 8.55. The lowest BCUT2D eigenvalue weighted by atomic mass is 9.85. The minimum absolute atomic E-state index is 0.00482. The molecule has 4 rings (SSSR count). The largest absolute Gasteiger partial charge is 0.373 e. The molecule has 2 heterocycles. The van der Waals surface area contributed by atoms with Crippen LogP contribution in [-0.4, -0.2) is 54.5 Å². The Hall–Kier alpha value is -2.24. The predicted molar refractivity (Wildman–Crippen MR) is 116 cm³/mol. The van der Waals surface area contributed by atoms with Gasteiger partial charge in [0.25, 0.3) is 0 Å². The van der Waals surface area contributed by atoms with Crippen molar-refractivity contribution in [2.45, 2.75) is 44.8 Å². The molecule has 30 heavy (non-hydrogen) atoms. The van der Waals surface area contributed by atoms with Gasteiger partial charge in [0.2, 0.25) is 5.91 Å². The Kier molecular flexibility index (Phi) is 6.80.